The lowest BCUT2D eigenvalue weighted by Crippen LogP contribution is -2.49. The van der Waals surface area contributed by atoms with Crippen LogP contribution in [0.4, 0.5) is 14.5 Å². The lowest BCUT2D eigenvalue weighted by atomic mass is 9.62. The van der Waals surface area contributed by atoms with Crippen LogP contribution in [0.25, 0.3) is 0 Å². The van der Waals surface area contributed by atoms with Crippen LogP contribution >= 0.6 is 23.2 Å². The van der Waals surface area contributed by atoms with E-state index < -0.39 is 46.9 Å². The molecule has 0 saturated carbocycles. The SMILES string of the molecule is CC(C)(C)C[C@H]1N[C@@H](C(=O)NCCCC(CO)CO)[C@H](c2cccc(Cl)c2F)[C@@]12C(=O)Nc1cc(Cl)c(F)cc12. The molecule has 2 heterocycles. The Bertz CT molecular complexity index is 1280. The fraction of sp³-hybridized carbons (Fsp3) is 0.517. The monoisotopic (exact) mass is 597 g/mol. The predicted molar refractivity (Wildman–Crippen MR) is 151 cm³/mol. The number of rotatable bonds is 9. The van der Waals surface area contributed by atoms with Crippen molar-refractivity contribution < 1.29 is 28.6 Å². The Balaban J connectivity index is 1.84. The molecule has 0 unspecified atom stereocenters. The number of hydrogen-bond donors (Lipinski definition) is 5. The van der Waals surface area contributed by atoms with Crippen molar-refractivity contribution in [1.29, 1.82) is 0 Å². The van der Waals surface area contributed by atoms with Gasteiger partial charge in [-0.25, -0.2) is 8.78 Å². The minimum Gasteiger partial charge on any atom is -0.396 e. The zero-order valence-corrected chi connectivity index (χ0v) is 24.2. The molecule has 2 aliphatic rings. The van der Waals surface area contributed by atoms with Gasteiger partial charge in [0, 0.05) is 43.3 Å². The first-order valence-corrected chi connectivity index (χ1v) is 14.1. The quantitative estimate of drug-likeness (QED) is 0.273. The summed E-state index contributed by atoms with van der Waals surface area (Å²) in [5, 5.41) is 27.3. The van der Waals surface area contributed by atoms with Gasteiger partial charge in [-0.05, 0) is 54.0 Å². The van der Waals surface area contributed by atoms with Crippen LogP contribution in [0, 0.1) is 23.0 Å². The molecule has 1 fully saturated rings. The van der Waals surface area contributed by atoms with Crippen LogP contribution in [0.3, 0.4) is 0 Å². The summed E-state index contributed by atoms with van der Waals surface area (Å²) in [4.78, 5) is 27.8. The summed E-state index contributed by atoms with van der Waals surface area (Å²) in [6.45, 7) is 5.86. The van der Waals surface area contributed by atoms with Gasteiger partial charge in [0.05, 0.1) is 16.1 Å². The number of carbonyl (C=O) groups is 2. The van der Waals surface area contributed by atoms with Crippen LogP contribution < -0.4 is 16.0 Å². The fourth-order valence-corrected chi connectivity index (χ4v) is 6.46. The molecule has 0 bridgehead atoms. The molecule has 7 nitrogen and oxygen atoms in total. The Morgan fingerprint density at radius 2 is 1.85 bits per heavy atom. The number of nitrogens with one attached hydrogen (secondary N) is 3. The van der Waals surface area contributed by atoms with E-state index in [-0.39, 0.29) is 46.7 Å². The van der Waals surface area contributed by atoms with E-state index in [0.717, 1.165) is 0 Å². The second kappa shape index (κ2) is 11.9. The molecular weight excluding hydrogens is 563 g/mol. The molecule has 5 N–H and O–H groups in total. The van der Waals surface area contributed by atoms with Gasteiger partial charge in [-0.2, -0.15) is 0 Å². The summed E-state index contributed by atoms with van der Waals surface area (Å²) in [5.41, 5.74) is -1.21. The average molecular weight is 599 g/mol. The normalized spacial score (nSPS) is 24.1. The molecule has 0 aromatic heterocycles. The van der Waals surface area contributed by atoms with E-state index in [1.807, 2.05) is 20.8 Å². The number of fused-ring (bicyclic) bond motifs is 2. The van der Waals surface area contributed by atoms with Gasteiger partial charge in [0.2, 0.25) is 11.8 Å². The van der Waals surface area contributed by atoms with Crippen LogP contribution in [0.15, 0.2) is 30.3 Å². The molecule has 4 rings (SSSR count). The molecule has 1 spiro atoms. The summed E-state index contributed by atoms with van der Waals surface area (Å²) >= 11 is 12.2. The Hall–Kier alpha value is -2.30. The standard InChI is InChI=1S/C29H35Cl2F2N3O4/c1-28(2,3)12-22-29(17-10-20(32)19(31)11-21(17)35-27(29)40)23(16-7-4-8-18(30)24(16)33)25(36-22)26(39)34-9-5-6-15(13-37)14-38/h4,7-8,10-11,15,22-23,25,36-38H,5-6,9,12-14H2,1-3H3,(H,34,39)(H,35,40)/t22-,23+,25-,29+/m1/s1. The summed E-state index contributed by atoms with van der Waals surface area (Å²) in [6.07, 6.45) is 1.38. The van der Waals surface area contributed by atoms with Gasteiger partial charge in [0.1, 0.15) is 17.0 Å². The first kappa shape index (κ1) is 30.7. The highest BCUT2D eigenvalue weighted by atomic mass is 35.5. The minimum atomic E-state index is -1.56. The van der Waals surface area contributed by atoms with Crippen LogP contribution in [0.5, 0.6) is 0 Å². The van der Waals surface area contributed by atoms with Crippen molar-refractivity contribution in [3.63, 3.8) is 0 Å². The molecule has 2 aromatic carbocycles. The highest BCUT2D eigenvalue weighted by molar-refractivity contribution is 6.31. The number of hydrogen-bond acceptors (Lipinski definition) is 5. The van der Waals surface area contributed by atoms with E-state index >= 15 is 4.39 Å². The lowest BCUT2D eigenvalue weighted by molar-refractivity contribution is -0.123. The summed E-state index contributed by atoms with van der Waals surface area (Å²) in [5.74, 6) is -3.81. The number of anilines is 1. The van der Waals surface area contributed by atoms with Crippen LogP contribution in [0.2, 0.25) is 10.0 Å². The number of amides is 2. The second-order valence-electron chi connectivity index (χ2n) is 11.9. The van der Waals surface area contributed by atoms with Crippen molar-refractivity contribution in [2.24, 2.45) is 11.3 Å². The van der Waals surface area contributed by atoms with E-state index in [1.54, 1.807) is 6.07 Å². The zero-order valence-electron chi connectivity index (χ0n) is 22.7. The van der Waals surface area contributed by atoms with Crippen molar-refractivity contribution in [3.05, 3.63) is 63.1 Å². The Morgan fingerprint density at radius 1 is 1.15 bits per heavy atom. The first-order chi connectivity index (χ1) is 18.8. The topological polar surface area (TPSA) is 111 Å². The van der Waals surface area contributed by atoms with Crippen molar-refractivity contribution in [2.75, 3.05) is 25.1 Å². The maximum Gasteiger partial charge on any atom is 0.237 e. The van der Waals surface area contributed by atoms with Gasteiger partial charge in [-0.1, -0.05) is 56.1 Å². The van der Waals surface area contributed by atoms with Crippen molar-refractivity contribution in [1.82, 2.24) is 10.6 Å². The maximum absolute atomic E-state index is 15.7. The van der Waals surface area contributed by atoms with E-state index in [2.05, 4.69) is 16.0 Å². The van der Waals surface area contributed by atoms with Crippen molar-refractivity contribution in [2.45, 2.75) is 63.5 Å². The summed E-state index contributed by atoms with van der Waals surface area (Å²) in [6, 6.07) is 5.24. The van der Waals surface area contributed by atoms with Gasteiger partial charge < -0.3 is 26.2 Å². The lowest BCUT2D eigenvalue weighted by Gasteiger charge is -2.37. The first-order valence-electron chi connectivity index (χ1n) is 13.4. The highest BCUT2D eigenvalue weighted by Gasteiger charge is 2.66. The van der Waals surface area contributed by atoms with Crippen LogP contribution in [-0.4, -0.2) is 53.9 Å². The average Bonchev–Trinajstić information content (AvgIpc) is 3.35. The van der Waals surface area contributed by atoms with E-state index in [0.29, 0.717) is 30.5 Å². The van der Waals surface area contributed by atoms with E-state index in [1.165, 1.54) is 24.3 Å². The molecule has 40 heavy (non-hydrogen) atoms. The van der Waals surface area contributed by atoms with E-state index in [9.17, 15) is 24.2 Å². The van der Waals surface area contributed by atoms with E-state index in [4.69, 9.17) is 23.2 Å². The van der Waals surface area contributed by atoms with Crippen molar-refractivity contribution >= 4 is 40.7 Å². The molecule has 11 heteroatoms. The largest absolute Gasteiger partial charge is 0.396 e. The third-order valence-electron chi connectivity index (χ3n) is 7.90. The van der Waals surface area contributed by atoms with Gasteiger partial charge in [-0.15, -0.1) is 0 Å². The number of halogens is 4. The van der Waals surface area contributed by atoms with Gasteiger partial charge in [-0.3, -0.25) is 9.59 Å². The van der Waals surface area contributed by atoms with Crippen LogP contribution in [0.1, 0.15) is 57.1 Å². The fourth-order valence-electron chi connectivity index (χ4n) is 6.12. The Labute approximate surface area is 242 Å². The molecular formula is C29H35Cl2F2N3O4. The molecule has 2 amide bonds. The zero-order chi connectivity index (χ0) is 29.4. The second-order valence-corrected chi connectivity index (χ2v) is 12.7. The number of carbonyl (C=O) groups excluding carboxylic acids is 2. The molecule has 0 aliphatic carbocycles. The smallest absolute Gasteiger partial charge is 0.237 e. The number of aliphatic hydroxyl groups is 2. The molecule has 1 saturated heterocycles. The third kappa shape index (κ3) is 5.59. The number of benzene rings is 2. The summed E-state index contributed by atoms with van der Waals surface area (Å²) < 4.78 is 30.7. The minimum absolute atomic E-state index is 0.0653. The molecule has 218 valence electrons. The van der Waals surface area contributed by atoms with Gasteiger partial charge >= 0.3 is 0 Å². The van der Waals surface area contributed by atoms with Crippen LogP contribution in [-0.2, 0) is 15.0 Å². The Kier molecular flexibility index (Phi) is 9.12. The number of aliphatic hydroxyl groups excluding tert-OH is 2. The Morgan fingerprint density at radius 3 is 2.50 bits per heavy atom. The molecule has 0 radical (unpaired) electrons. The summed E-state index contributed by atoms with van der Waals surface area (Å²) in [7, 11) is 0. The molecule has 2 aliphatic heterocycles. The predicted octanol–water partition coefficient (Wildman–Crippen LogP) is 4.52. The van der Waals surface area contributed by atoms with Crippen molar-refractivity contribution in [3.8, 4) is 0 Å². The molecule has 4 atom stereocenters. The van der Waals surface area contributed by atoms with Gasteiger partial charge in [0.25, 0.3) is 0 Å². The van der Waals surface area contributed by atoms with Gasteiger partial charge in [0.15, 0.2) is 0 Å². The highest BCUT2D eigenvalue weighted by Crippen LogP contribution is 2.57. The molecule has 2 aromatic rings. The maximum atomic E-state index is 15.7. The third-order valence-corrected chi connectivity index (χ3v) is 8.49.